The maximum Gasteiger partial charge on any atom is 0.309 e. The van der Waals surface area contributed by atoms with E-state index in [9.17, 15) is 23.1 Å². The molecule has 1 saturated carbocycles. The standard InChI is InChI=1S/C19H20Cl2N2O5S.ClH/c20-12-7-13(21)9-14(8-12)29(27,28)23-5-1-2-15(23)18(24)22-17-11-4-3-10(6-11)16(17)19(25)26;/h3-4,7-11,15-17H,1-2,5-6H2,(H,22,24)(H,25,26);1H/t10?,11?,15-,16?,17-;/m0./s1. The fourth-order valence-electron chi connectivity index (χ4n) is 4.72. The first-order valence-corrected chi connectivity index (χ1v) is 11.6. The number of rotatable bonds is 5. The highest BCUT2D eigenvalue weighted by Gasteiger charge is 2.50. The van der Waals surface area contributed by atoms with Crippen molar-refractivity contribution in [3.8, 4) is 0 Å². The maximum absolute atomic E-state index is 13.1. The minimum absolute atomic E-state index is 0. The van der Waals surface area contributed by atoms with Crippen LogP contribution in [0, 0.1) is 17.8 Å². The second-order valence-corrected chi connectivity index (χ2v) is 10.5. The van der Waals surface area contributed by atoms with Gasteiger partial charge in [0.25, 0.3) is 0 Å². The molecule has 2 fully saturated rings. The smallest absolute Gasteiger partial charge is 0.309 e. The molecule has 1 heterocycles. The second kappa shape index (κ2) is 8.67. The number of nitrogens with zero attached hydrogens (tertiary/aromatic N) is 1. The van der Waals surface area contributed by atoms with Gasteiger partial charge < -0.3 is 10.4 Å². The van der Waals surface area contributed by atoms with Crippen molar-refractivity contribution in [3.63, 3.8) is 0 Å². The lowest BCUT2D eigenvalue weighted by atomic mass is 9.88. The van der Waals surface area contributed by atoms with Crippen molar-refractivity contribution in [1.29, 1.82) is 0 Å². The fourth-order valence-corrected chi connectivity index (χ4v) is 7.10. The van der Waals surface area contributed by atoms with Crippen LogP contribution in [0.15, 0.2) is 35.2 Å². The zero-order chi connectivity index (χ0) is 20.9. The normalized spacial score (nSPS) is 30.3. The van der Waals surface area contributed by atoms with E-state index in [1.54, 1.807) is 0 Å². The van der Waals surface area contributed by atoms with Gasteiger partial charge in [-0.3, -0.25) is 9.59 Å². The van der Waals surface area contributed by atoms with Gasteiger partial charge in [0.2, 0.25) is 15.9 Å². The van der Waals surface area contributed by atoms with Crippen LogP contribution in [0.4, 0.5) is 0 Å². The van der Waals surface area contributed by atoms with Crippen LogP contribution in [0.2, 0.25) is 10.0 Å². The lowest BCUT2D eigenvalue weighted by molar-refractivity contribution is -0.143. The monoisotopic (exact) mass is 494 g/mol. The number of carbonyl (C=O) groups is 2. The average Bonchev–Trinajstić information content (AvgIpc) is 3.36. The Kier molecular flexibility index (Phi) is 6.74. The number of fused-ring (bicyclic) bond motifs is 2. The van der Waals surface area contributed by atoms with Gasteiger partial charge >= 0.3 is 5.97 Å². The van der Waals surface area contributed by atoms with Crippen LogP contribution in [0.25, 0.3) is 0 Å². The average molecular weight is 496 g/mol. The molecule has 0 aromatic heterocycles. The Balaban J connectivity index is 0.00000256. The number of hydrogen-bond acceptors (Lipinski definition) is 4. The summed E-state index contributed by atoms with van der Waals surface area (Å²) in [6, 6.07) is 2.62. The van der Waals surface area contributed by atoms with Crippen molar-refractivity contribution >= 4 is 57.5 Å². The highest BCUT2D eigenvalue weighted by atomic mass is 35.5. The first-order valence-electron chi connectivity index (χ1n) is 9.38. The molecular weight excluding hydrogens is 475 g/mol. The number of amides is 1. The fraction of sp³-hybridized carbons (Fsp3) is 0.474. The largest absolute Gasteiger partial charge is 0.481 e. The van der Waals surface area contributed by atoms with E-state index in [0.29, 0.717) is 19.3 Å². The molecule has 0 spiro atoms. The lowest BCUT2D eigenvalue weighted by Crippen LogP contribution is -2.52. The Labute approximate surface area is 190 Å². The first-order chi connectivity index (χ1) is 13.7. The highest BCUT2D eigenvalue weighted by molar-refractivity contribution is 7.89. The molecule has 5 atom stereocenters. The molecule has 3 aliphatic rings. The Morgan fingerprint density at radius 2 is 1.73 bits per heavy atom. The van der Waals surface area contributed by atoms with Crippen LogP contribution in [0.1, 0.15) is 19.3 Å². The number of nitrogens with one attached hydrogen (secondary N) is 1. The van der Waals surface area contributed by atoms with Gasteiger partial charge in [-0.05, 0) is 49.3 Å². The molecular formula is C19H21Cl3N2O5S. The summed E-state index contributed by atoms with van der Waals surface area (Å²) in [4.78, 5) is 24.6. The van der Waals surface area contributed by atoms with E-state index >= 15 is 0 Å². The van der Waals surface area contributed by atoms with Crippen molar-refractivity contribution in [1.82, 2.24) is 9.62 Å². The van der Waals surface area contributed by atoms with Crippen LogP contribution >= 0.6 is 35.6 Å². The Morgan fingerprint density at radius 3 is 2.37 bits per heavy atom. The first kappa shape index (κ1) is 23.3. The lowest BCUT2D eigenvalue weighted by Gasteiger charge is -2.29. The summed E-state index contributed by atoms with van der Waals surface area (Å²) >= 11 is 11.9. The van der Waals surface area contributed by atoms with Crippen LogP contribution in [0.5, 0.6) is 0 Å². The summed E-state index contributed by atoms with van der Waals surface area (Å²) in [6.45, 7) is 0.198. The molecule has 1 aromatic carbocycles. The van der Waals surface area contributed by atoms with Gasteiger partial charge in [0.15, 0.2) is 0 Å². The topological polar surface area (TPSA) is 104 Å². The van der Waals surface area contributed by atoms with Crippen molar-refractivity contribution < 1.29 is 23.1 Å². The van der Waals surface area contributed by atoms with Gasteiger partial charge in [-0.2, -0.15) is 4.31 Å². The number of carboxylic acid groups (broad SMARTS) is 1. The summed E-state index contributed by atoms with van der Waals surface area (Å²) < 4.78 is 27.4. The summed E-state index contributed by atoms with van der Waals surface area (Å²) in [5, 5.41) is 12.8. The van der Waals surface area contributed by atoms with Crippen LogP contribution in [-0.2, 0) is 19.6 Å². The number of aliphatic carboxylic acids is 1. The molecule has 1 amide bonds. The molecule has 11 heteroatoms. The number of hydrogen-bond donors (Lipinski definition) is 2. The van der Waals surface area contributed by atoms with E-state index in [1.807, 2.05) is 12.2 Å². The maximum atomic E-state index is 13.1. The van der Waals surface area contributed by atoms with Gasteiger partial charge in [-0.15, -0.1) is 12.4 Å². The summed E-state index contributed by atoms with van der Waals surface area (Å²) in [5.41, 5.74) is 0. The molecule has 2 N–H and O–H groups in total. The molecule has 1 saturated heterocycles. The van der Waals surface area contributed by atoms with Crippen molar-refractivity contribution in [3.05, 3.63) is 40.4 Å². The number of allylic oxidation sites excluding steroid dienone is 1. The Bertz CT molecular complexity index is 980. The van der Waals surface area contributed by atoms with E-state index in [1.165, 1.54) is 18.2 Å². The second-order valence-electron chi connectivity index (χ2n) is 7.73. The van der Waals surface area contributed by atoms with Crippen LogP contribution in [-0.4, -0.2) is 48.3 Å². The zero-order valence-electron chi connectivity index (χ0n) is 15.7. The molecule has 1 aromatic rings. The van der Waals surface area contributed by atoms with Gasteiger partial charge in [-0.1, -0.05) is 35.4 Å². The minimum Gasteiger partial charge on any atom is -0.481 e. The van der Waals surface area contributed by atoms with Crippen LogP contribution < -0.4 is 5.32 Å². The van der Waals surface area contributed by atoms with Gasteiger partial charge in [0, 0.05) is 22.6 Å². The molecule has 3 unspecified atom stereocenters. The van der Waals surface area contributed by atoms with Crippen molar-refractivity contribution in [2.75, 3.05) is 6.54 Å². The predicted molar refractivity (Wildman–Crippen MR) is 114 cm³/mol. The quantitative estimate of drug-likeness (QED) is 0.611. The number of benzene rings is 1. The molecule has 30 heavy (non-hydrogen) atoms. The molecule has 1 aliphatic heterocycles. The number of carbonyl (C=O) groups excluding carboxylic acids is 1. The highest BCUT2D eigenvalue weighted by Crippen LogP contribution is 2.44. The molecule has 164 valence electrons. The Hall–Kier alpha value is -1.32. The summed E-state index contributed by atoms with van der Waals surface area (Å²) in [7, 11) is -3.98. The number of halogens is 3. The molecule has 7 nitrogen and oxygen atoms in total. The van der Waals surface area contributed by atoms with Gasteiger partial charge in [-0.25, -0.2) is 8.42 Å². The zero-order valence-corrected chi connectivity index (χ0v) is 18.8. The van der Waals surface area contributed by atoms with E-state index in [4.69, 9.17) is 23.2 Å². The third-order valence-corrected chi connectivity index (χ3v) is 8.32. The molecule has 2 aliphatic carbocycles. The third-order valence-electron chi connectivity index (χ3n) is 6.00. The molecule has 4 rings (SSSR count). The predicted octanol–water partition coefficient (Wildman–Crippen LogP) is 2.96. The molecule has 0 radical (unpaired) electrons. The Morgan fingerprint density at radius 1 is 1.10 bits per heavy atom. The van der Waals surface area contributed by atoms with E-state index in [0.717, 1.165) is 4.31 Å². The van der Waals surface area contributed by atoms with Gasteiger partial charge in [0.1, 0.15) is 6.04 Å². The number of carboxylic acids is 1. The van der Waals surface area contributed by atoms with Gasteiger partial charge in [0.05, 0.1) is 10.8 Å². The van der Waals surface area contributed by atoms with Crippen molar-refractivity contribution in [2.24, 2.45) is 17.8 Å². The summed E-state index contributed by atoms with van der Waals surface area (Å²) in [5.74, 6) is -2.23. The number of sulfonamides is 1. The van der Waals surface area contributed by atoms with E-state index in [-0.39, 0.29) is 45.7 Å². The van der Waals surface area contributed by atoms with Crippen LogP contribution in [0.3, 0.4) is 0 Å². The summed E-state index contributed by atoms with van der Waals surface area (Å²) in [6.07, 6.45) is 5.42. The minimum atomic E-state index is -3.98. The van der Waals surface area contributed by atoms with Crippen molar-refractivity contribution in [2.45, 2.75) is 36.2 Å². The van der Waals surface area contributed by atoms with E-state index < -0.39 is 39.9 Å². The van der Waals surface area contributed by atoms with E-state index in [2.05, 4.69) is 5.32 Å². The SMILES string of the molecule is Cl.O=C(O)C1C2C=CC(C2)[C@@H]1NC(=O)[C@@H]1CCCN1S(=O)(=O)c1cc(Cl)cc(Cl)c1. The third kappa shape index (κ3) is 4.08. The molecule has 2 bridgehead atoms.